The number of hydrogen-bond acceptors (Lipinski definition) is 2. The molecule has 0 N–H and O–H groups in total. The Morgan fingerprint density at radius 2 is 1.75 bits per heavy atom. The molecule has 0 aromatic heterocycles. The first-order valence-corrected chi connectivity index (χ1v) is 7.44. The standard InChI is InChI=1S/C17H21NO2/c1-10-5-7-13-14(8-10)17(20)18(16(13)19)15-9-11(2)4-6-12(15)3/h4,6,9-10,13-14H,5,7-8H2,1-3H3/t10-,13-,14-/m0/s1. The molecule has 2 fully saturated rings. The number of nitrogens with zero attached hydrogens (tertiary/aromatic N) is 1. The Hall–Kier alpha value is -1.64. The van der Waals surface area contributed by atoms with Gasteiger partial charge in [-0.15, -0.1) is 0 Å². The van der Waals surface area contributed by atoms with E-state index in [-0.39, 0.29) is 23.7 Å². The number of fused-ring (bicyclic) bond motifs is 1. The smallest absolute Gasteiger partial charge is 0.237 e. The zero-order valence-corrected chi connectivity index (χ0v) is 12.3. The second-order valence-corrected chi connectivity index (χ2v) is 6.43. The van der Waals surface area contributed by atoms with Crippen LogP contribution in [0.3, 0.4) is 0 Å². The number of benzene rings is 1. The van der Waals surface area contributed by atoms with E-state index < -0.39 is 0 Å². The van der Waals surface area contributed by atoms with Crippen LogP contribution in [0, 0.1) is 31.6 Å². The van der Waals surface area contributed by atoms with Gasteiger partial charge in [0.25, 0.3) is 0 Å². The molecule has 1 heterocycles. The predicted molar refractivity (Wildman–Crippen MR) is 78.4 cm³/mol. The van der Waals surface area contributed by atoms with E-state index in [1.165, 1.54) is 4.90 Å². The van der Waals surface area contributed by atoms with Crippen LogP contribution in [0.1, 0.15) is 37.3 Å². The number of anilines is 1. The van der Waals surface area contributed by atoms with Crippen molar-refractivity contribution in [3.05, 3.63) is 29.3 Å². The lowest BCUT2D eigenvalue weighted by molar-refractivity contribution is -0.122. The van der Waals surface area contributed by atoms with Gasteiger partial charge in [-0.05, 0) is 56.2 Å². The maximum Gasteiger partial charge on any atom is 0.237 e. The molecule has 0 spiro atoms. The molecular weight excluding hydrogens is 250 g/mol. The minimum absolute atomic E-state index is 0.0141. The van der Waals surface area contributed by atoms with Gasteiger partial charge in [0.05, 0.1) is 17.5 Å². The third kappa shape index (κ3) is 1.96. The molecule has 0 unspecified atom stereocenters. The average Bonchev–Trinajstić information content (AvgIpc) is 2.65. The van der Waals surface area contributed by atoms with E-state index in [4.69, 9.17) is 0 Å². The van der Waals surface area contributed by atoms with Crippen molar-refractivity contribution in [3.8, 4) is 0 Å². The molecule has 1 aromatic rings. The van der Waals surface area contributed by atoms with Crippen molar-refractivity contribution in [1.82, 2.24) is 0 Å². The molecule has 2 amide bonds. The molecule has 2 aliphatic rings. The van der Waals surface area contributed by atoms with Gasteiger partial charge in [-0.2, -0.15) is 0 Å². The maximum atomic E-state index is 12.7. The lowest BCUT2D eigenvalue weighted by Gasteiger charge is -2.25. The molecule has 1 saturated carbocycles. The Morgan fingerprint density at radius 3 is 2.50 bits per heavy atom. The topological polar surface area (TPSA) is 37.4 Å². The van der Waals surface area contributed by atoms with Crippen molar-refractivity contribution in [2.24, 2.45) is 17.8 Å². The molecular formula is C17H21NO2. The van der Waals surface area contributed by atoms with Crippen LogP contribution in [0.2, 0.25) is 0 Å². The second kappa shape index (κ2) is 4.72. The number of carbonyl (C=O) groups is 2. The second-order valence-electron chi connectivity index (χ2n) is 6.43. The van der Waals surface area contributed by atoms with Gasteiger partial charge in [0.1, 0.15) is 0 Å². The molecule has 3 atom stereocenters. The van der Waals surface area contributed by atoms with Gasteiger partial charge in [0.15, 0.2) is 0 Å². The first-order chi connectivity index (χ1) is 9.49. The fourth-order valence-electron chi connectivity index (χ4n) is 3.59. The van der Waals surface area contributed by atoms with E-state index in [1.54, 1.807) is 0 Å². The van der Waals surface area contributed by atoms with Gasteiger partial charge in [-0.25, -0.2) is 4.90 Å². The summed E-state index contributed by atoms with van der Waals surface area (Å²) in [5.41, 5.74) is 2.85. The lowest BCUT2D eigenvalue weighted by atomic mass is 9.76. The Balaban J connectivity index is 2.00. The summed E-state index contributed by atoms with van der Waals surface area (Å²) in [5.74, 6) is 0.400. The van der Waals surface area contributed by atoms with Crippen LogP contribution in [0.4, 0.5) is 5.69 Å². The summed E-state index contributed by atoms with van der Waals surface area (Å²) in [4.78, 5) is 26.7. The summed E-state index contributed by atoms with van der Waals surface area (Å²) < 4.78 is 0. The van der Waals surface area contributed by atoms with E-state index in [0.717, 1.165) is 36.1 Å². The van der Waals surface area contributed by atoms with Gasteiger partial charge in [0.2, 0.25) is 11.8 Å². The molecule has 0 radical (unpaired) electrons. The Morgan fingerprint density at radius 1 is 1.05 bits per heavy atom. The fraction of sp³-hybridized carbons (Fsp3) is 0.529. The van der Waals surface area contributed by atoms with Crippen molar-refractivity contribution in [2.45, 2.75) is 40.0 Å². The fourth-order valence-corrected chi connectivity index (χ4v) is 3.59. The molecule has 1 aliphatic heterocycles. The van der Waals surface area contributed by atoms with Crippen molar-refractivity contribution in [2.75, 3.05) is 4.90 Å². The van der Waals surface area contributed by atoms with E-state index in [2.05, 4.69) is 6.92 Å². The van der Waals surface area contributed by atoms with Crippen molar-refractivity contribution in [1.29, 1.82) is 0 Å². The minimum atomic E-state index is -0.0915. The van der Waals surface area contributed by atoms with Crippen LogP contribution in [0.5, 0.6) is 0 Å². The summed E-state index contributed by atoms with van der Waals surface area (Å²) in [6.07, 6.45) is 2.77. The van der Waals surface area contributed by atoms with E-state index >= 15 is 0 Å². The Labute approximate surface area is 120 Å². The van der Waals surface area contributed by atoms with Crippen molar-refractivity contribution >= 4 is 17.5 Å². The summed E-state index contributed by atoms with van der Waals surface area (Å²) in [6.45, 7) is 6.12. The molecule has 1 aliphatic carbocycles. The molecule has 1 saturated heterocycles. The summed E-state index contributed by atoms with van der Waals surface area (Å²) in [5, 5.41) is 0. The number of carbonyl (C=O) groups excluding carboxylic acids is 2. The highest BCUT2D eigenvalue weighted by Crippen LogP contribution is 2.42. The van der Waals surface area contributed by atoms with Gasteiger partial charge >= 0.3 is 0 Å². The summed E-state index contributed by atoms with van der Waals surface area (Å²) in [6, 6.07) is 5.95. The number of aryl methyl sites for hydroxylation is 2. The molecule has 0 bridgehead atoms. The molecule has 20 heavy (non-hydrogen) atoms. The predicted octanol–water partition coefficient (Wildman–Crippen LogP) is 3.23. The summed E-state index contributed by atoms with van der Waals surface area (Å²) >= 11 is 0. The number of rotatable bonds is 1. The quantitative estimate of drug-likeness (QED) is 0.735. The van der Waals surface area contributed by atoms with Crippen LogP contribution in [-0.2, 0) is 9.59 Å². The third-order valence-corrected chi connectivity index (χ3v) is 4.79. The number of imide groups is 1. The lowest BCUT2D eigenvalue weighted by Crippen LogP contribution is -2.31. The monoisotopic (exact) mass is 271 g/mol. The van der Waals surface area contributed by atoms with Gasteiger partial charge in [0, 0.05) is 0 Å². The summed E-state index contributed by atoms with van der Waals surface area (Å²) in [7, 11) is 0. The highest BCUT2D eigenvalue weighted by atomic mass is 16.2. The van der Waals surface area contributed by atoms with Crippen LogP contribution in [-0.4, -0.2) is 11.8 Å². The van der Waals surface area contributed by atoms with E-state index in [0.29, 0.717) is 5.92 Å². The normalized spacial score (nSPS) is 29.8. The zero-order valence-electron chi connectivity index (χ0n) is 12.3. The molecule has 3 heteroatoms. The first kappa shape index (κ1) is 13.3. The SMILES string of the molecule is Cc1ccc(C)c(N2C(=O)[C@H]3CC[C@H](C)C[C@@H]3C2=O)c1. The van der Waals surface area contributed by atoms with Crippen LogP contribution in [0.15, 0.2) is 18.2 Å². The first-order valence-electron chi connectivity index (χ1n) is 7.44. The maximum absolute atomic E-state index is 12.7. The van der Waals surface area contributed by atoms with Crippen LogP contribution in [0.25, 0.3) is 0 Å². The van der Waals surface area contributed by atoms with Crippen molar-refractivity contribution in [3.63, 3.8) is 0 Å². The van der Waals surface area contributed by atoms with Crippen LogP contribution < -0.4 is 4.90 Å². The van der Waals surface area contributed by atoms with Crippen LogP contribution >= 0.6 is 0 Å². The number of amides is 2. The third-order valence-electron chi connectivity index (χ3n) is 4.79. The zero-order chi connectivity index (χ0) is 14.4. The average molecular weight is 271 g/mol. The van der Waals surface area contributed by atoms with Gasteiger partial charge in [-0.1, -0.05) is 19.1 Å². The molecule has 3 rings (SSSR count). The van der Waals surface area contributed by atoms with Gasteiger partial charge in [-0.3, -0.25) is 9.59 Å². The molecule has 1 aromatic carbocycles. The Bertz CT molecular complexity index is 578. The number of hydrogen-bond donors (Lipinski definition) is 0. The minimum Gasteiger partial charge on any atom is -0.274 e. The largest absolute Gasteiger partial charge is 0.274 e. The highest BCUT2D eigenvalue weighted by molar-refractivity contribution is 6.22. The van der Waals surface area contributed by atoms with E-state index in [9.17, 15) is 9.59 Å². The highest BCUT2D eigenvalue weighted by Gasteiger charge is 2.50. The van der Waals surface area contributed by atoms with E-state index in [1.807, 2.05) is 32.0 Å². The Kier molecular flexibility index (Phi) is 3.15. The van der Waals surface area contributed by atoms with Crippen molar-refractivity contribution < 1.29 is 9.59 Å². The molecule has 106 valence electrons. The molecule has 3 nitrogen and oxygen atoms in total. The van der Waals surface area contributed by atoms with Gasteiger partial charge < -0.3 is 0 Å².